The molecule has 1 saturated heterocycles. The molecule has 1 aromatic carbocycles. The fourth-order valence-corrected chi connectivity index (χ4v) is 3.22. The van der Waals surface area contributed by atoms with Gasteiger partial charge < -0.3 is 15.0 Å². The number of nitrogens with zero attached hydrogens (tertiary/aromatic N) is 1. The van der Waals surface area contributed by atoms with Crippen molar-refractivity contribution in [3.8, 4) is 5.75 Å². The number of rotatable bonds is 6. The third-order valence-electron chi connectivity index (χ3n) is 4.34. The van der Waals surface area contributed by atoms with Crippen LogP contribution in [0.15, 0.2) is 28.7 Å². The number of amides is 1. The van der Waals surface area contributed by atoms with Crippen molar-refractivity contribution in [1.29, 1.82) is 0 Å². The summed E-state index contributed by atoms with van der Waals surface area (Å²) in [7, 11) is 0. The molecule has 5 heteroatoms. The normalized spacial score (nSPS) is 18.0. The smallest absolute Gasteiger partial charge is 0.261 e. The Bertz CT molecular complexity index is 513. The van der Waals surface area contributed by atoms with Crippen LogP contribution < -0.4 is 10.1 Å². The van der Waals surface area contributed by atoms with Gasteiger partial charge in [-0.15, -0.1) is 0 Å². The van der Waals surface area contributed by atoms with E-state index in [1.807, 2.05) is 38.1 Å². The van der Waals surface area contributed by atoms with Crippen LogP contribution in [0.1, 0.15) is 33.6 Å². The summed E-state index contributed by atoms with van der Waals surface area (Å²) in [4.78, 5) is 15.1. The van der Waals surface area contributed by atoms with Crippen LogP contribution in [0, 0.1) is 5.92 Å². The molecular weight excluding hydrogens is 356 g/mol. The summed E-state index contributed by atoms with van der Waals surface area (Å²) in [5.74, 6) is 0.811. The van der Waals surface area contributed by atoms with Crippen molar-refractivity contribution in [2.45, 2.75) is 45.8 Å². The van der Waals surface area contributed by atoms with Gasteiger partial charge >= 0.3 is 0 Å². The predicted octanol–water partition coefficient (Wildman–Crippen LogP) is 3.45. The van der Waals surface area contributed by atoms with Gasteiger partial charge in [0.2, 0.25) is 0 Å². The molecule has 0 radical (unpaired) electrons. The second-order valence-electron chi connectivity index (χ2n) is 6.43. The second kappa shape index (κ2) is 8.69. The third-order valence-corrected chi connectivity index (χ3v) is 4.99. The van der Waals surface area contributed by atoms with E-state index in [9.17, 15) is 4.79 Å². The Hall–Kier alpha value is -1.07. The zero-order valence-electron chi connectivity index (χ0n) is 14.2. The van der Waals surface area contributed by atoms with Gasteiger partial charge in [-0.25, -0.2) is 0 Å². The molecule has 0 unspecified atom stereocenters. The van der Waals surface area contributed by atoms with Crippen LogP contribution >= 0.6 is 15.9 Å². The van der Waals surface area contributed by atoms with Gasteiger partial charge in [0.25, 0.3) is 5.91 Å². The summed E-state index contributed by atoms with van der Waals surface area (Å²) >= 11 is 3.47. The largest absolute Gasteiger partial charge is 0.479 e. The first-order valence-electron chi connectivity index (χ1n) is 8.45. The van der Waals surface area contributed by atoms with E-state index in [1.54, 1.807) is 0 Å². The average Bonchev–Trinajstić information content (AvgIpc) is 2.54. The molecule has 1 aromatic rings. The molecule has 0 saturated carbocycles. The number of benzene rings is 1. The molecular formula is C18H27BrN2O2. The summed E-state index contributed by atoms with van der Waals surface area (Å²) in [5.41, 5.74) is 0. The van der Waals surface area contributed by atoms with Crippen molar-refractivity contribution in [2.75, 3.05) is 19.6 Å². The minimum Gasteiger partial charge on any atom is -0.479 e. The molecule has 0 bridgehead atoms. The van der Waals surface area contributed by atoms with Crippen molar-refractivity contribution in [2.24, 2.45) is 5.92 Å². The molecule has 4 nitrogen and oxygen atoms in total. The quantitative estimate of drug-likeness (QED) is 0.818. The lowest BCUT2D eigenvalue weighted by Gasteiger charge is -2.32. The van der Waals surface area contributed by atoms with Crippen molar-refractivity contribution < 1.29 is 9.53 Å². The highest BCUT2D eigenvalue weighted by Gasteiger charge is 2.28. The molecule has 1 N–H and O–H groups in total. The maximum Gasteiger partial charge on any atom is 0.261 e. The highest BCUT2D eigenvalue weighted by Crippen LogP contribution is 2.26. The standard InChI is InChI=1S/C18H27BrN2O2/c1-4-21-11-9-14(10-12-21)20-18(22)17(13(2)3)23-16-8-6-5-7-15(16)19/h5-8,13-14,17H,4,9-12H2,1-3H3,(H,20,22)/t17-/m0/s1. The number of ether oxygens (including phenoxy) is 1. The van der Waals surface area contributed by atoms with E-state index in [2.05, 4.69) is 33.1 Å². The average molecular weight is 383 g/mol. The maximum atomic E-state index is 12.7. The van der Waals surface area contributed by atoms with E-state index >= 15 is 0 Å². The van der Waals surface area contributed by atoms with Gasteiger partial charge in [0.1, 0.15) is 5.75 Å². The SMILES string of the molecule is CCN1CCC(NC(=O)[C@@H](Oc2ccccc2Br)C(C)C)CC1. The Labute approximate surface area is 147 Å². The zero-order chi connectivity index (χ0) is 16.8. The molecule has 0 aliphatic carbocycles. The molecule has 23 heavy (non-hydrogen) atoms. The minimum atomic E-state index is -0.474. The van der Waals surface area contributed by atoms with Crippen LogP contribution in [0.25, 0.3) is 0 Å². The maximum absolute atomic E-state index is 12.7. The molecule has 128 valence electrons. The van der Waals surface area contributed by atoms with E-state index in [4.69, 9.17) is 4.74 Å². The van der Waals surface area contributed by atoms with Gasteiger partial charge in [0.15, 0.2) is 6.10 Å². The molecule has 1 fully saturated rings. The molecule has 2 rings (SSSR count). The van der Waals surface area contributed by atoms with Crippen molar-refractivity contribution >= 4 is 21.8 Å². The van der Waals surface area contributed by atoms with E-state index < -0.39 is 6.10 Å². The Morgan fingerprint density at radius 2 is 2.00 bits per heavy atom. The number of hydrogen-bond donors (Lipinski definition) is 1. The molecule has 1 amide bonds. The zero-order valence-corrected chi connectivity index (χ0v) is 15.8. The molecule has 1 aliphatic heterocycles. The predicted molar refractivity (Wildman–Crippen MR) is 96.7 cm³/mol. The lowest BCUT2D eigenvalue weighted by molar-refractivity contribution is -0.130. The number of para-hydroxylation sites is 1. The van der Waals surface area contributed by atoms with E-state index in [0.29, 0.717) is 5.75 Å². The lowest BCUT2D eigenvalue weighted by atomic mass is 10.0. The van der Waals surface area contributed by atoms with Crippen molar-refractivity contribution in [1.82, 2.24) is 10.2 Å². The number of hydrogen-bond acceptors (Lipinski definition) is 3. The number of piperidine rings is 1. The number of halogens is 1. The second-order valence-corrected chi connectivity index (χ2v) is 7.28. The van der Waals surface area contributed by atoms with Crippen LogP contribution in [-0.4, -0.2) is 42.6 Å². The van der Waals surface area contributed by atoms with Crippen LogP contribution in [0.3, 0.4) is 0 Å². The topological polar surface area (TPSA) is 41.6 Å². The number of nitrogens with one attached hydrogen (secondary N) is 1. The van der Waals surface area contributed by atoms with Gasteiger partial charge in [0.05, 0.1) is 4.47 Å². The third kappa shape index (κ3) is 5.21. The van der Waals surface area contributed by atoms with Crippen molar-refractivity contribution in [3.63, 3.8) is 0 Å². The summed E-state index contributed by atoms with van der Waals surface area (Å²) < 4.78 is 6.85. The van der Waals surface area contributed by atoms with Gasteiger partial charge in [-0.2, -0.15) is 0 Å². The van der Waals surface area contributed by atoms with Crippen LogP contribution in [0.4, 0.5) is 0 Å². The molecule has 1 atom stereocenters. The lowest BCUT2D eigenvalue weighted by Crippen LogP contribution is -2.50. The summed E-state index contributed by atoms with van der Waals surface area (Å²) in [6, 6.07) is 7.91. The highest BCUT2D eigenvalue weighted by atomic mass is 79.9. The monoisotopic (exact) mass is 382 g/mol. The minimum absolute atomic E-state index is 0.00861. The van der Waals surface area contributed by atoms with E-state index in [1.165, 1.54) is 0 Å². The fraction of sp³-hybridized carbons (Fsp3) is 0.611. The van der Waals surface area contributed by atoms with Crippen LogP contribution in [0.2, 0.25) is 0 Å². The first-order chi connectivity index (χ1) is 11.0. The highest BCUT2D eigenvalue weighted by molar-refractivity contribution is 9.10. The van der Waals surface area contributed by atoms with Crippen LogP contribution in [0.5, 0.6) is 5.75 Å². The number of carbonyl (C=O) groups excluding carboxylic acids is 1. The molecule has 1 aliphatic rings. The van der Waals surface area contributed by atoms with Crippen molar-refractivity contribution in [3.05, 3.63) is 28.7 Å². The number of likely N-dealkylation sites (tertiary alicyclic amines) is 1. The summed E-state index contributed by atoms with van der Waals surface area (Å²) in [6.45, 7) is 9.40. The first-order valence-corrected chi connectivity index (χ1v) is 9.24. The van der Waals surface area contributed by atoms with Gasteiger partial charge in [-0.3, -0.25) is 4.79 Å². The Morgan fingerprint density at radius 1 is 1.35 bits per heavy atom. The Morgan fingerprint density at radius 3 is 2.57 bits per heavy atom. The van der Waals surface area contributed by atoms with Gasteiger partial charge in [-0.05, 0) is 53.4 Å². The van der Waals surface area contributed by atoms with Crippen LogP contribution in [-0.2, 0) is 4.79 Å². The number of carbonyl (C=O) groups is 1. The molecule has 1 heterocycles. The molecule has 0 aromatic heterocycles. The van der Waals surface area contributed by atoms with E-state index in [0.717, 1.165) is 36.9 Å². The Kier molecular flexibility index (Phi) is 6.90. The summed E-state index contributed by atoms with van der Waals surface area (Å²) in [6.07, 6.45) is 1.55. The van der Waals surface area contributed by atoms with E-state index in [-0.39, 0.29) is 17.9 Å². The molecule has 0 spiro atoms. The fourth-order valence-electron chi connectivity index (χ4n) is 2.85. The van der Waals surface area contributed by atoms with Gasteiger partial charge in [-0.1, -0.05) is 32.9 Å². The van der Waals surface area contributed by atoms with Gasteiger partial charge in [0, 0.05) is 19.1 Å². The first kappa shape index (κ1) is 18.3. The summed E-state index contributed by atoms with van der Waals surface area (Å²) in [5, 5.41) is 3.18. The Balaban J connectivity index is 1.95.